The number of halogens is 1. The molecule has 0 aliphatic carbocycles. The van der Waals surface area contributed by atoms with Gasteiger partial charge < -0.3 is 10.6 Å². The lowest BCUT2D eigenvalue weighted by Crippen LogP contribution is -2.46. The minimum Gasteiger partial charge on any atom is -0.349 e. The summed E-state index contributed by atoms with van der Waals surface area (Å²) in [6.45, 7) is 5.02. The van der Waals surface area contributed by atoms with Crippen molar-refractivity contribution in [3.8, 4) is 0 Å². The van der Waals surface area contributed by atoms with Gasteiger partial charge in [0.05, 0.1) is 0 Å². The molecule has 2 rings (SSSR count). The lowest BCUT2D eigenvalue weighted by atomic mass is 9.99. The molecule has 2 N–H and O–H groups in total. The summed E-state index contributed by atoms with van der Waals surface area (Å²) in [5.41, 5.74) is 1.63. The molecule has 1 amide bonds. The van der Waals surface area contributed by atoms with Crippen molar-refractivity contribution >= 4 is 17.5 Å². The third kappa shape index (κ3) is 3.24. The number of carbonyl (C=O) groups excluding carboxylic acids is 1. The monoisotopic (exact) mass is 266 g/mol. The number of hydrogen-bond acceptors (Lipinski definition) is 2. The van der Waals surface area contributed by atoms with Gasteiger partial charge in [-0.3, -0.25) is 4.79 Å². The molecule has 1 aromatic rings. The van der Waals surface area contributed by atoms with Gasteiger partial charge in [0.25, 0.3) is 5.91 Å². The average molecular weight is 267 g/mol. The van der Waals surface area contributed by atoms with Crippen LogP contribution < -0.4 is 10.6 Å². The molecule has 1 aliphatic rings. The maximum Gasteiger partial charge on any atom is 0.251 e. The van der Waals surface area contributed by atoms with Crippen LogP contribution in [0.1, 0.15) is 35.7 Å². The van der Waals surface area contributed by atoms with Gasteiger partial charge in [-0.15, -0.1) is 0 Å². The third-order valence-corrected chi connectivity index (χ3v) is 3.63. The molecule has 0 aromatic heterocycles. The van der Waals surface area contributed by atoms with Gasteiger partial charge >= 0.3 is 0 Å². The molecule has 0 spiro atoms. The van der Waals surface area contributed by atoms with Crippen LogP contribution in [0.25, 0.3) is 0 Å². The van der Waals surface area contributed by atoms with E-state index in [-0.39, 0.29) is 11.9 Å². The Morgan fingerprint density at radius 2 is 2.28 bits per heavy atom. The largest absolute Gasteiger partial charge is 0.349 e. The van der Waals surface area contributed by atoms with E-state index in [0.29, 0.717) is 16.6 Å². The zero-order valence-electron chi connectivity index (χ0n) is 10.8. The van der Waals surface area contributed by atoms with Crippen LogP contribution in [0.5, 0.6) is 0 Å². The van der Waals surface area contributed by atoms with Gasteiger partial charge in [-0.05, 0) is 57.0 Å². The van der Waals surface area contributed by atoms with E-state index in [4.69, 9.17) is 11.6 Å². The Labute approximate surface area is 113 Å². The first-order chi connectivity index (χ1) is 8.56. The Hall–Kier alpha value is -1.06. The van der Waals surface area contributed by atoms with Crippen molar-refractivity contribution in [3.05, 3.63) is 34.3 Å². The molecule has 1 heterocycles. The van der Waals surface area contributed by atoms with Crippen molar-refractivity contribution < 1.29 is 4.79 Å². The molecule has 0 bridgehead atoms. The second kappa shape index (κ2) is 5.72. The smallest absolute Gasteiger partial charge is 0.251 e. The first kappa shape index (κ1) is 13.4. The Morgan fingerprint density at radius 1 is 1.50 bits per heavy atom. The summed E-state index contributed by atoms with van der Waals surface area (Å²) in [5.74, 6) is 0.00302. The highest BCUT2D eigenvalue weighted by Crippen LogP contribution is 2.16. The summed E-state index contributed by atoms with van der Waals surface area (Å²) >= 11 is 5.89. The quantitative estimate of drug-likeness (QED) is 0.864. The van der Waals surface area contributed by atoms with E-state index in [9.17, 15) is 4.79 Å². The van der Waals surface area contributed by atoms with Gasteiger partial charge in [0.15, 0.2) is 0 Å². The number of benzene rings is 1. The van der Waals surface area contributed by atoms with Crippen LogP contribution in [-0.4, -0.2) is 24.5 Å². The highest BCUT2D eigenvalue weighted by atomic mass is 35.5. The first-order valence-corrected chi connectivity index (χ1v) is 6.74. The SMILES string of the molecule is Cc1cc(Cl)ccc1C(=O)NC1CCNC(C)C1. The molecule has 18 heavy (non-hydrogen) atoms. The maximum atomic E-state index is 12.2. The van der Waals surface area contributed by atoms with Crippen LogP contribution in [0.15, 0.2) is 18.2 Å². The number of aryl methyl sites for hydroxylation is 1. The van der Waals surface area contributed by atoms with E-state index in [2.05, 4.69) is 17.6 Å². The molecule has 2 atom stereocenters. The van der Waals surface area contributed by atoms with Crippen LogP contribution in [-0.2, 0) is 0 Å². The number of rotatable bonds is 2. The van der Waals surface area contributed by atoms with Gasteiger partial charge in [0.2, 0.25) is 0 Å². The lowest BCUT2D eigenvalue weighted by molar-refractivity contribution is 0.0925. The van der Waals surface area contributed by atoms with Gasteiger partial charge in [0, 0.05) is 22.7 Å². The Morgan fingerprint density at radius 3 is 2.94 bits per heavy atom. The summed E-state index contributed by atoms with van der Waals surface area (Å²) < 4.78 is 0. The number of amides is 1. The summed E-state index contributed by atoms with van der Waals surface area (Å²) in [6.07, 6.45) is 1.97. The lowest BCUT2D eigenvalue weighted by Gasteiger charge is -2.28. The zero-order chi connectivity index (χ0) is 13.1. The van der Waals surface area contributed by atoms with Crippen molar-refractivity contribution in [3.63, 3.8) is 0 Å². The maximum absolute atomic E-state index is 12.2. The predicted molar refractivity (Wildman–Crippen MR) is 74.1 cm³/mol. The molecule has 1 fully saturated rings. The van der Waals surface area contributed by atoms with Crippen molar-refractivity contribution in [2.45, 2.75) is 38.8 Å². The normalized spacial score (nSPS) is 23.7. The number of carbonyl (C=O) groups is 1. The fraction of sp³-hybridized carbons (Fsp3) is 0.500. The third-order valence-electron chi connectivity index (χ3n) is 3.39. The average Bonchev–Trinajstić information content (AvgIpc) is 2.28. The molecule has 0 saturated carbocycles. The van der Waals surface area contributed by atoms with Crippen LogP contribution >= 0.6 is 11.6 Å². The van der Waals surface area contributed by atoms with E-state index < -0.39 is 0 Å². The van der Waals surface area contributed by atoms with Gasteiger partial charge in [0.1, 0.15) is 0 Å². The molecule has 4 heteroatoms. The number of piperidine rings is 1. The van der Waals surface area contributed by atoms with E-state index >= 15 is 0 Å². The second-order valence-electron chi connectivity index (χ2n) is 5.01. The van der Waals surface area contributed by atoms with E-state index in [0.717, 1.165) is 24.9 Å². The molecule has 1 aromatic carbocycles. The van der Waals surface area contributed by atoms with Gasteiger partial charge in [-0.1, -0.05) is 11.6 Å². The summed E-state index contributed by atoms with van der Waals surface area (Å²) in [5, 5.41) is 7.15. The predicted octanol–water partition coefficient (Wildman–Crippen LogP) is 2.52. The molecule has 1 saturated heterocycles. The van der Waals surface area contributed by atoms with Crippen LogP contribution in [0.2, 0.25) is 5.02 Å². The Kier molecular flexibility index (Phi) is 4.25. The standard InChI is InChI=1S/C14H19ClN2O/c1-9-7-11(15)3-4-13(9)14(18)17-12-5-6-16-10(2)8-12/h3-4,7,10,12,16H,5-6,8H2,1-2H3,(H,17,18). The highest BCUT2D eigenvalue weighted by molar-refractivity contribution is 6.30. The molecule has 1 aliphatic heterocycles. The molecule has 2 unspecified atom stereocenters. The van der Waals surface area contributed by atoms with Crippen LogP contribution in [0.4, 0.5) is 0 Å². The summed E-state index contributed by atoms with van der Waals surface area (Å²) in [7, 11) is 0. The van der Waals surface area contributed by atoms with Crippen LogP contribution in [0.3, 0.4) is 0 Å². The summed E-state index contributed by atoms with van der Waals surface area (Å²) in [4.78, 5) is 12.2. The number of nitrogens with one attached hydrogen (secondary N) is 2. The topological polar surface area (TPSA) is 41.1 Å². The molecule has 0 radical (unpaired) electrons. The Balaban J connectivity index is 2.03. The zero-order valence-corrected chi connectivity index (χ0v) is 11.6. The fourth-order valence-electron chi connectivity index (χ4n) is 2.41. The highest BCUT2D eigenvalue weighted by Gasteiger charge is 2.20. The molecular weight excluding hydrogens is 248 g/mol. The van der Waals surface area contributed by atoms with Crippen molar-refractivity contribution in [2.75, 3.05) is 6.54 Å². The minimum atomic E-state index is 0.00302. The van der Waals surface area contributed by atoms with E-state index in [1.807, 2.05) is 13.0 Å². The van der Waals surface area contributed by atoms with Crippen LogP contribution in [0, 0.1) is 6.92 Å². The van der Waals surface area contributed by atoms with Crippen molar-refractivity contribution in [1.29, 1.82) is 0 Å². The second-order valence-corrected chi connectivity index (χ2v) is 5.45. The fourth-order valence-corrected chi connectivity index (χ4v) is 2.63. The molecule has 98 valence electrons. The van der Waals surface area contributed by atoms with Gasteiger partial charge in [-0.25, -0.2) is 0 Å². The van der Waals surface area contributed by atoms with Crippen molar-refractivity contribution in [1.82, 2.24) is 10.6 Å². The minimum absolute atomic E-state index is 0.00302. The molecular formula is C14H19ClN2O. The van der Waals surface area contributed by atoms with E-state index in [1.54, 1.807) is 12.1 Å². The van der Waals surface area contributed by atoms with E-state index in [1.165, 1.54) is 0 Å². The van der Waals surface area contributed by atoms with Crippen molar-refractivity contribution in [2.24, 2.45) is 0 Å². The first-order valence-electron chi connectivity index (χ1n) is 6.36. The number of hydrogen-bond donors (Lipinski definition) is 2. The summed E-state index contributed by atoms with van der Waals surface area (Å²) in [6, 6.07) is 6.10. The van der Waals surface area contributed by atoms with Gasteiger partial charge in [-0.2, -0.15) is 0 Å². The Bertz CT molecular complexity index is 447. The molecule has 3 nitrogen and oxygen atoms in total.